The van der Waals surface area contributed by atoms with Crippen molar-refractivity contribution in [2.75, 3.05) is 18.4 Å². The summed E-state index contributed by atoms with van der Waals surface area (Å²) in [6.45, 7) is 0.842. The molecule has 1 aliphatic heterocycles. The molecule has 1 fully saturated rings. The summed E-state index contributed by atoms with van der Waals surface area (Å²) in [4.78, 5) is 59.9. The van der Waals surface area contributed by atoms with E-state index in [9.17, 15) is 19.2 Å². The lowest BCUT2D eigenvalue weighted by Gasteiger charge is -2.32. The lowest BCUT2D eigenvalue weighted by Crippen LogP contribution is -2.43. The average Bonchev–Trinajstić information content (AvgIpc) is 3.21. The second kappa shape index (κ2) is 8.93. The van der Waals surface area contributed by atoms with Crippen molar-refractivity contribution in [3.05, 3.63) is 81.3 Å². The first-order valence-corrected chi connectivity index (χ1v) is 11.1. The van der Waals surface area contributed by atoms with E-state index in [0.717, 1.165) is 5.52 Å². The summed E-state index contributed by atoms with van der Waals surface area (Å²) in [5, 5.41) is 11.7. The molecule has 4 aromatic rings. The molecule has 178 valence electrons. The Kier molecular flexibility index (Phi) is 5.65. The van der Waals surface area contributed by atoms with Gasteiger partial charge >= 0.3 is 17.7 Å². The SMILES string of the molecule is O=C(O)c1ccc(-c2c[nH]c(=O)c(NC(=O)N3CCC(n4c(=O)[nH]c5ncccc54)CC3)c2)cc1. The van der Waals surface area contributed by atoms with Crippen molar-refractivity contribution in [2.45, 2.75) is 18.9 Å². The minimum atomic E-state index is -1.03. The van der Waals surface area contributed by atoms with Gasteiger partial charge in [-0.05, 0) is 48.7 Å². The molecule has 0 unspecified atom stereocenters. The lowest BCUT2D eigenvalue weighted by atomic mass is 10.0. The molecule has 1 aliphatic rings. The number of pyridine rings is 2. The fraction of sp³-hybridized carbons (Fsp3) is 0.208. The van der Waals surface area contributed by atoms with Gasteiger partial charge in [-0.2, -0.15) is 0 Å². The summed E-state index contributed by atoms with van der Waals surface area (Å²) in [7, 11) is 0. The van der Waals surface area contributed by atoms with Crippen molar-refractivity contribution in [2.24, 2.45) is 0 Å². The van der Waals surface area contributed by atoms with E-state index in [1.165, 1.54) is 18.3 Å². The number of piperidine rings is 1. The lowest BCUT2D eigenvalue weighted by molar-refractivity contribution is 0.0697. The first-order chi connectivity index (χ1) is 16.9. The number of urea groups is 1. The smallest absolute Gasteiger partial charge is 0.335 e. The minimum Gasteiger partial charge on any atom is -0.478 e. The van der Waals surface area contributed by atoms with Gasteiger partial charge < -0.3 is 20.3 Å². The molecule has 0 bridgehead atoms. The zero-order chi connectivity index (χ0) is 24.5. The van der Waals surface area contributed by atoms with Gasteiger partial charge in [-0.25, -0.2) is 19.4 Å². The number of imidazole rings is 1. The number of carbonyl (C=O) groups excluding carboxylic acids is 1. The van der Waals surface area contributed by atoms with Crippen molar-refractivity contribution in [1.29, 1.82) is 0 Å². The molecule has 0 atom stereocenters. The molecular weight excluding hydrogens is 452 g/mol. The van der Waals surface area contributed by atoms with Crippen LogP contribution in [0.5, 0.6) is 0 Å². The number of anilines is 1. The summed E-state index contributed by atoms with van der Waals surface area (Å²) in [5.41, 5.74) is 2.18. The molecule has 0 radical (unpaired) electrons. The zero-order valence-electron chi connectivity index (χ0n) is 18.5. The van der Waals surface area contributed by atoms with Gasteiger partial charge in [0.25, 0.3) is 5.56 Å². The van der Waals surface area contributed by atoms with Crippen LogP contribution in [-0.4, -0.2) is 54.6 Å². The van der Waals surface area contributed by atoms with E-state index in [2.05, 4.69) is 20.3 Å². The number of carbonyl (C=O) groups is 2. The number of benzene rings is 1. The fourth-order valence-electron chi connectivity index (χ4n) is 4.39. The Labute approximate surface area is 198 Å². The van der Waals surface area contributed by atoms with E-state index in [-0.39, 0.29) is 23.0 Å². The van der Waals surface area contributed by atoms with Crippen molar-refractivity contribution >= 4 is 28.9 Å². The highest BCUT2D eigenvalue weighted by atomic mass is 16.4. The minimum absolute atomic E-state index is 0.0648. The van der Waals surface area contributed by atoms with Crippen LogP contribution in [0, 0.1) is 0 Å². The molecule has 1 saturated heterocycles. The molecule has 4 heterocycles. The third kappa shape index (κ3) is 4.31. The predicted molar refractivity (Wildman–Crippen MR) is 129 cm³/mol. The van der Waals surface area contributed by atoms with E-state index in [1.807, 2.05) is 6.07 Å². The van der Waals surface area contributed by atoms with Crippen LogP contribution in [0.25, 0.3) is 22.3 Å². The Bertz CT molecular complexity index is 1530. The molecule has 0 spiro atoms. The number of hydrogen-bond donors (Lipinski definition) is 4. The van der Waals surface area contributed by atoms with Crippen molar-refractivity contribution in [3.63, 3.8) is 0 Å². The van der Waals surface area contributed by atoms with Crippen molar-refractivity contribution in [3.8, 4) is 11.1 Å². The maximum Gasteiger partial charge on any atom is 0.335 e. The van der Waals surface area contributed by atoms with E-state index in [4.69, 9.17) is 5.11 Å². The first-order valence-electron chi connectivity index (χ1n) is 11.1. The third-order valence-electron chi connectivity index (χ3n) is 6.22. The number of amides is 2. The molecular formula is C24H22N6O5. The predicted octanol–water partition coefficient (Wildman–Crippen LogP) is 2.65. The number of likely N-dealkylation sites (tertiary alicyclic amines) is 1. The fourth-order valence-corrected chi connectivity index (χ4v) is 4.39. The van der Waals surface area contributed by atoms with Crippen LogP contribution in [0.4, 0.5) is 10.5 Å². The largest absolute Gasteiger partial charge is 0.478 e. The molecule has 11 nitrogen and oxygen atoms in total. The molecule has 11 heteroatoms. The number of nitrogens with one attached hydrogen (secondary N) is 3. The van der Waals surface area contributed by atoms with Crippen LogP contribution >= 0.6 is 0 Å². The highest BCUT2D eigenvalue weighted by Gasteiger charge is 2.26. The third-order valence-corrected chi connectivity index (χ3v) is 6.22. The number of aromatic carboxylic acids is 1. The van der Waals surface area contributed by atoms with Crippen molar-refractivity contribution < 1.29 is 14.7 Å². The summed E-state index contributed by atoms with van der Waals surface area (Å²) < 4.78 is 1.70. The highest BCUT2D eigenvalue weighted by molar-refractivity contribution is 5.90. The Morgan fingerprint density at radius 3 is 2.51 bits per heavy atom. The second-order valence-corrected chi connectivity index (χ2v) is 8.33. The quantitative estimate of drug-likeness (QED) is 0.357. The molecule has 0 saturated carbocycles. The number of aromatic nitrogens is 4. The van der Waals surface area contributed by atoms with Crippen molar-refractivity contribution in [1.82, 2.24) is 24.4 Å². The summed E-state index contributed by atoms with van der Waals surface area (Å²) in [6.07, 6.45) is 4.30. The van der Waals surface area contributed by atoms with Gasteiger partial charge in [-0.3, -0.25) is 14.3 Å². The summed E-state index contributed by atoms with van der Waals surface area (Å²) in [5.74, 6) is -1.03. The zero-order valence-corrected chi connectivity index (χ0v) is 18.5. The van der Waals surface area contributed by atoms with Crippen LogP contribution in [-0.2, 0) is 0 Å². The van der Waals surface area contributed by atoms with Crippen LogP contribution < -0.4 is 16.6 Å². The maximum absolute atomic E-state index is 12.9. The summed E-state index contributed by atoms with van der Waals surface area (Å²) >= 11 is 0. The van der Waals surface area contributed by atoms with Gasteiger partial charge in [-0.15, -0.1) is 0 Å². The number of rotatable bonds is 4. The number of carboxylic acids is 1. The first kappa shape index (κ1) is 22.1. The van der Waals surface area contributed by atoms with Crippen LogP contribution in [0.3, 0.4) is 0 Å². The topological polar surface area (TPSA) is 153 Å². The van der Waals surface area contributed by atoms with Gasteiger partial charge in [0.1, 0.15) is 5.69 Å². The monoisotopic (exact) mass is 474 g/mol. The number of H-pyrrole nitrogens is 2. The van der Waals surface area contributed by atoms with E-state index in [0.29, 0.717) is 42.7 Å². The highest BCUT2D eigenvalue weighted by Crippen LogP contribution is 2.25. The molecule has 2 amide bonds. The normalized spacial score (nSPS) is 14.2. The molecule has 5 rings (SSSR count). The molecule has 4 N–H and O–H groups in total. The van der Waals surface area contributed by atoms with Gasteiger partial charge in [0, 0.05) is 37.1 Å². The standard InChI is InChI=1S/C24H22N6O5/c31-21-18(12-16(13-26-21)14-3-5-15(6-4-14)22(32)33)27-23(34)29-10-7-17(8-11-29)30-19-2-1-9-25-20(19)28-24(30)35/h1-6,9,12-13,17H,7-8,10-11H2,(H,26,31)(H,27,34)(H,32,33)(H,25,28,35). The molecule has 3 aromatic heterocycles. The Balaban J connectivity index is 1.28. The number of carboxylic acid groups (broad SMARTS) is 1. The Hall–Kier alpha value is -4.67. The number of nitrogens with zero attached hydrogens (tertiary/aromatic N) is 3. The Morgan fingerprint density at radius 1 is 1.06 bits per heavy atom. The van der Waals surface area contributed by atoms with Gasteiger partial charge in [0.05, 0.1) is 11.1 Å². The van der Waals surface area contributed by atoms with E-state index < -0.39 is 17.6 Å². The summed E-state index contributed by atoms with van der Waals surface area (Å²) in [6, 6.07) is 10.9. The van der Waals surface area contributed by atoms with Gasteiger partial charge in [-0.1, -0.05) is 12.1 Å². The average molecular weight is 474 g/mol. The maximum atomic E-state index is 12.9. The molecule has 1 aromatic carbocycles. The number of fused-ring (bicyclic) bond motifs is 1. The molecule has 0 aliphatic carbocycles. The number of hydrogen-bond acceptors (Lipinski definition) is 5. The van der Waals surface area contributed by atoms with Crippen LogP contribution in [0.1, 0.15) is 29.2 Å². The van der Waals surface area contributed by atoms with E-state index in [1.54, 1.807) is 39.9 Å². The molecule has 35 heavy (non-hydrogen) atoms. The van der Waals surface area contributed by atoms with Crippen LogP contribution in [0.15, 0.2) is 64.4 Å². The Morgan fingerprint density at radius 2 is 1.80 bits per heavy atom. The van der Waals surface area contributed by atoms with Crippen LogP contribution in [0.2, 0.25) is 0 Å². The van der Waals surface area contributed by atoms with E-state index >= 15 is 0 Å². The number of aromatic amines is 2. The van der Waals surface area contributed by atoms with Gasteiger partial charge in [0.15, 0.2) is 5.65 Å². The second-order valence-electron chi connectivity index (χ2n) is 8.33. The van der Waals surface area contributed by atoms with Gasteiger partial charge in [0.2, 0.25) is 0 Å².